The Morgan fingerprint density at radius 2 is 1.86 bits per heavy atom. The molecule has 0 radical (unpaired) electrons. The lowest BCUT2D eigenvalue weighted by Crippen LogP contribution is -2.30. The molecule has 1 amide bonds. The Morgan fingerprint density at radius 1 is 1.07 bits per heavy atom. The normalized spacial score (nSPS) is 10.8. The molecule has 0 atom stereocenters. The number of aromatic nitrogens is 2. The van der Waals surface area contributed by atoms with E-state index in [0.29, 0.717) is 21.7 Å². The van der Waals surface area contributed by atoms with Gasteiger partial charge in [0.25, 0.3) is 11.5 Å². The molecule has 144 valence electrons. The molecule has 2 aromatic carbocycles. The molecule has 0 saturated heterocycles. The van der Waals surface area contributed by atoms with E-state index in [2.05, 4.69) is 26.2 Å². The molecule has 2 heterocycles. The number of rotatable bonds is 4. The summed E-state index contributed by atoms with van der Waals surface area (Å²) in [5.74, 6) is -0.469. The van der Waals surface area contributed by atoms with Crippen LogP contribution < -0.4 is 10.9 Å². The van der Waals surface area contributed by atoms with Crippen LogP contribution in [-0.4, -0.2) is 15.5 Å². The third-order valence-electron chi connectivity index (χ3n) is 4.43. The van der Waals surface area contributed by atoms with Gasteiger partial charge in [-0.2, -0.15) is 0 Å². The van der Waals surface area contributed by atoms with Crippen molar-refractivity contribution in [1.82, 2.24) is 9.55 Å². The van der Waals surface area contributed by atoms with E-state index < -0.39 is 11.5 Å². The standard InChI is InChI=1S/C22H15BrClN3O2/c23-16-4-1-5-18(12-16)26-21(28)19-11-15-3-2-10-25-20(15)27(22(19)29)13-14-6-8-17(24)9-7-14/h1-12H,13H2,(H,26,28). The summed E-state index contributed by atoms with van der Waals surface area (Å²) in [4.78, 5) is 30.4. The first-order valence-electron chi connectivity index (χ1n) is 8.81. The first-order valence-corrected chi connectivity index (χ1v) is 9.98. The number of benzene rings is 2. The zero-order valence-electron chi connectivity index (χ0n) is 15.1. The molecule has 2 aromatic heterocycles. The van der Waals surface area contributed by atoms with Crippen molar-refractivity contribution in [3.8, 4) is 0 Å². The monoisotopic (exact) mass is 467 g/mol. The maximum Gasteiger partial charge on any atom is 0.265 e. The van der Waals surface area contributed by atoms with Crippen LogP contribution in [0.15, 0.2) is 82.2 Å². The molecular formula is C22H15BrClN3O2. The fourth-order valence-electron chi connectivity index (χ4n) is 3.05. The first kappa shape index (κ1) is 19.4. The van der Waals surface area contributed by atoms with Crippen LogP contribution in [-0.2, 0) is 6.54 Å². The number of nitrogens with zero attached hydrogens (tertiary/aromatic N) is 2. The van der Waals surface area contributed by atoms with Gasteiger partial charge in [-0.25, -0.2) is 4.98 Å². The Labute approximate surface area is 180 Å². The molecule has 0 aliphatic rings. The number of fused-ring (bicyclic) bond motifs is 1. The Hall–Kier alpha value is -2.96. The van der Waals surface area contributed by atoms with E-state index in [1.54, 1.807) is 42.6 Å². The Kier molecular flexibility index (Phi) is 5.47. The van der Waals surface area contributed by atoms with Crippen molar-refractivity contribution in [2.24, 2.45) is 0 Å². The number of halogens is 2. The molecule has 4 rings (SSSR count). The third kappa shape index (κ3) is 4.23. The molecule has 0 fully saturated rings. The quantitative estimate of drug-likeness (QED) is 0.452. The maximum absolute atomic E-state index is 13.2. The van der Waals surface area contributed by atoms with E-state index in [0.717, 1.165) is 10.0 Å². The van der Waals surface area contributed by atoms with Gasteiger partial charge < -0.3 is 5.32 Å². The van der Waals surface area contributed by atoms with Gasteiger partial charge in [-0.3, -0.25) is 14.2 Å². The van der Waals surface area contributed by atoms with Crippen LogP contribution in [0.5, 0.6) is 0 Å². The highest BCUT2D eigenvalue weighted by Crippen LogP contribution is 2.18. The van der Waals surface area contributed by atoms with Gasteiger partial charge in [-0.15, -0.1) is 0 Å². The van der Waals surface area contributed by atoms with Gasteiger partial charge in [-0.1, -0.05) is 45.7 Å². The molecule has 0 aliphatic carbocycles. The zero-order valence-corrected chi connectivity index (χ0v) is 17.4. The molecule has 0 spiro atoms. The molecule has 1 N–H and O–H groups in total. The number of pyridine rings is 2. The topological polar surface area (TPSA) is 64.0 Å². The van der Waals surface area contributed by atoms with Gasteiger partial charge in [0.15, 0.2) is 0 Å². The number of carbonyl (C=O) groups is 1. The summed E-state index contributed by atoms with van der Waals surface area (Å²) in [6.45, 7) is 0.279. The van der Waals surface area contributed by atoms with E-state index in [1.165, 1.54) is 4.57 Å². The number of anilines is 1. The number of hydrogen-bond acceptors (Lipinski definition) is 3. The number of hydrogen-bond donors (Lipinski definition) is 1. The van der Waals surface area contributed by atoms with Crippen molar-refractivity contribution in [2.45, 2.75) is 6.54 Å². The number of carbonyl (C=O) groups excluding carboxylic acids is 1. The van der Waals surface area contributed by atoms with Gasteiger partial charge in [0.1, 0.15) is 11.2 Å². The van der Waals surface area contributed by atoms with E-state index >= 15 is 0 Å². The molecule has 4 aromatic rings. The average Bonchev–Trinajstić information content (AvgIpc) is 2.71. The second-order valence-corrected chi connectivity index (χ2v) is 7.81. The van der Waals surface area contributed by atoms with E-state index in [4.69, 9.17) is 11.6 Å². The smallest absolute Gasteiger partial charge is 0.265 e. The van der Waals surface area contributed by atoms with Gasteiger partial charge in [0, 0.05) is 26.8 Å². The largest absolute Gasteiger partial charge is 0.322 e. The summed E-state index contributed by atoms with van der Waals surface area (Å²) < 4.78 is 2.34. The van der Waals surface area contributed by atoms with Crippen LogP contribution in [0.3, 0.4) is 0 Å². The van der Waals surface area contributed by atoms with Crippen LogP contribution in [0.25, 0.3) is 11.0 Å². The molecule has 0 saturated carbocycles. The second-order valence-electron chi connectivity index (χ2n) is 6.46. The molecule has 0 bridgehead atoms. The van der Waals surface area contributed by atoms with Crippen LogP contribution in [0, 0.1) is 0 Å². The van der Waals surface area contributed by atoms with Crippen LogP contribution >= 0.6 is 27.5 Å². The maximum atomic E-state index is 13.2. The van der Waals surface area contributed by atoms with Gasteiger partial charge in [-0.05, 0) is 54.1 Å². The lowest BCUT2D eigenvalue weighted by Gasteiger charge is -2.13. The third-order valence-corrected chi connectivity index (χ3v) is 5.17. The summed E-state index contributed by atoms with van der Waals surface area (Å²) in [6, 6.07) is 19.6. The Bertz CT molecular complexity index is 1270. The summed E-state index contributed by atoms with van der Waals surface area (Å²) in [5, 5.41) is 4.11. The summed E-state index contributed by atoms with van der Waals surface area (Å²) >= 11 is 9.33. The second kappa shape index (κ2) is 8.19. The van der Waals surface area contributed by atoms with Crippen molar-refractivity contribution < 1.29 is 4.79 Å². The molecule has 29 heavy (non-hydrogen) atoms. The van der Waals surface area contributed by atoms with E-state index in [1.807, 2.05) is 30.3 Å². The summed E-state index contributed by atoms with van der Waals surface area (Å²) in [5.41, 5.74) is 1.65. The summed E-state index contributed by atoms with van der Waals surface area (Å²) in [7, 11) is 0. The predicted molar refractivity (Wildman–Crippen MR) is 119 cm³/mol. The highest BCUT2D eigenvalue weighted by Gasteiger charge is 2.17. The van der Waals surface area contributed by atoms with E-state index in [9.17, 15) is 9.59 Å². The lowest BCUT2D eigenvalue weighted by molar-refractivity contribution is 0.102. The minimum Gasteiger partial charge on any atom is -0.322 e. The van der Waals surface area contributed by atoms with Crippen molar-refractivity contribution >= 4 is 50.2 Å². The fraction of sp³-hybridized carbons (Fsp3) is 0.0455. The molecular weight excluding hydrogens is 454 g/mol. The predicted octanol–water partition coefficient (Wildman–Crippen LogP) is 5.11. The fourth-order valence-corrected chi connectivity index (χ4v) is 3.58. The highest BCUT2D eigenvalue weighted by molar-refractivity contribution is 9.10. The lowest BCUT2D eigenvalue weighted by atomic mass is 10.1. The van der Waals surface area contributed by atoms with Crippen molar-refractivity contribution in [2.75, 3.05) is 5.32 Å². The molecule has 5 nitrogen and oxygen atoms in total. The Morgan fingerprint density at radius 3 is 2.62 bits per heavy atom. The van der Waals surface area contributed by atoms with Crippen LogP contribution in [0.1, 0.15) is 15.9 Å². The van der Waals surface area contributed by atoms with Crippen molar-refractivity contribution in [1.29, 1.82) is 0 Å². The molecule has 7 heteroatoms. The minimum atomic E-state index is -0.469. The van der Waals surface area contributed by atoms with E-state index in [-0.39, 0.29) is 12.1 Å². The minimum absolute atomic E-state index is 0.0550. The summed E-state index contributed by atoms with van der Waals surface area (Å²) in [6.07, 6.45) is 1.63. The van der Waals surface area contributed by atoms with Crippen molar-refractivity contribution in [3.05, 3.63) is 104 Å². The first-order chi connectivity index (χ1) is 14.0. The van der Waals surface area contributed by atoms with Crippen LogP contribution in [0.4, 0.5) is 5.69 Å². The number of nitrogens with one attached hydrogen (secondary N) is 1. The van der Waals surface area contributed by atoms with Gasteiger partial charge >= 0.3 is 0 Å². The molecule has 0 aliphatic heterocycles. The van der Waals surface area contributed by atoms with Gasteiger partial charge in [0.05, 0.1) is 6.54 Å². The average molecular weight is 469 g/mol. The van der Waals surface area contributed by atoms with Gasteiger partial charge in [0.2, 0.25) is 0 Å². The highest BCUT2D eigenvalue weighted by atomic mass is 79.9. The van der Waals surface area contributed by atoms with Crippen LogP contribution in [0.2, 0.25) is 5.02 Å². The Balaban J connectivity index is 1.78. The SMILES string of the molecule is O=C(Nc1cccc(Br)c1)c1cc2cccnc2n(Cc2ccc(Cl)cc2)c1=O. The zero-order chi connectivity index (χ0) is 20.4. The van der Waals surface area contributed by atoms with Crippen molar-refractivity contribution in [3.63, 3.8) is 0 Å². The number of amides is 1. The molecule has 0 unspecified atom stereocenters.